The molecule has 188 valence electrons. The lowest BCUT2D eigenvalue weighted by atomic mass is 9.80. The number of aromatic nitrogens is 3. The maximum Gasteiger partial charge on any atom is 0.410 e. The van der Waals surface area contributed by atoms with Gasteiger partial charge in [-0.1, -0.05) is 30.3 Å². The number of benzene rings is 1. The Morgan fingerprint density at radius 1 is 1.06 bits per heavy atom. The van der Waals surface area contributed by atoms with Crippen LogP contribution in [0.3, 0.4) is 0 Å². The molecule has 3 aliphatic rings. The third-order valence-electron chi connectivity index (χ3n) is 7.77. The first-order valence-electron chi connectivity index (χ1n) is 13.1. The Bertz CT molecular complexity index is 1190. The van der Waals surface area contributed by atoms with E-state index in [9.17, 15) is 4.79 Å². The maximum absolute atomic E-state index is 12.5. The van der Waals surface area contributed by atoms with E-state index < -0.39 is 0 Å². The second kappa shape index (κ2) is 9.93. The molecule has 3 fully saturated rings. The molecule has 1 aliphatic heterocycles. The van der Waals surface area contributed by atoms with Crippen molar-refractivity contribution in [2.24, 2.45) is 11.7 Å². The van der Waals surface area contributed by atoms with Crippen molar-refractivity contribution in [1.82, 2.24) is 19.7 Å². The number of piperazine rings is 1. The Balaban J connectivity index is 1.10. The molecule has 8 nitrogen and oxygen atoms in total. The molecule has 0 bridgehead atoms. The smallest absolute Gasteiger partial charge is 0.410 e. The molecule has 0 atom stereocenters. The minimum absolute atomic E-state index is 0.247. The van der Waals surface area contributed by atoms with Crippen molar-refractivity contribution < 1.29 is 9.53 Å². The zero-order chi connectivity index (χ0) is 24.5. The number of nitrogens with two attached hydrogens (primary N) is 1. The van der Waals surface area contributed by atoms with Crippen molar-refractivity contribution in [3.05, 3.63) is 66.1 Å². The van der Waals surface area contributed by atoms with Crippen molar-refractivity contribution in [3.63, 3.8) is 0 Å². The van der Waals surface area contributed by atoms with Gasteiger partial charge in [-0.05, 0) is 55.8 Å². The number of carbonyl (C=O) groups excluding carboxylic acids is 1. The van der Waals surface area contributed by atoms with E-state index in [0.717, 1.165) is 49.4 Å². The summed E-state index contributed by atoms with van der Waals surface area (Å²) in [5.41, 5.74) is 11.3. The normalized spacial score (nSPS) is 21.8. The first-order chi connectivity index (χ1) is 17.7. The van der Waals surface area contributed by atoms with Crippen LogP contribution in [0.1, 0.15) is 48.9 Å². The molecule has 0 unspecified atom stereocenters. The summed E-state index contributed by atoms with van der Waals surface area (Å²) in [5.74, 6) is 1.19. The van der Waals surface area contributed by atoms with E-state index in [2.05, 4.69) is 27.9 Å². The van der Waals surface area contributed by atoms with Crippen LogP contribution in [0.4, 0.5) is 10.5 Å². The summed E-state index contributed by atoms with van der Waals surface area (Å²) in [5, 5.41) is 5.01. The molecule has 0 radical (unpaired) electrons. The molecule has 2 aromatic heterocycles. The van der Waals surface area contributed by atoms with Gasteiger partial charge >= 0.3 is 6.09 Å². The average Bonchev–Trinajstić information content (AvgIpc) is 3.66. The highest BCUT2D eigenvalue weighted by molar-refractivity contribution is 5.69. The van der Waals surface area contributed by atoms with Crippen molar-refractivity contribution >= 4 is 11.8 Å². The first-order valence-corrected chi connectivity index (χ1v) is 13.1. The average molecular weight is 487 g/mol. The summed E-state index contributed by atoms with van der Waals surface area (Å²) in [7, 11) is 0. The number of rotatable bonds is 7. The fraction of sp³-hybridized carbons (Fsp3) is 0.464. The summed E-state index contributed by atoms with van der Waals surface area (Å²) in [6.07, 6.45) is 8.51. The van der Waals surface area contributed by atoms with Crippen LogP contribution < -0.4 is 10.6 Å². The van der Waals surface area contributed by atoms with Gasteiger partial charge in [-0.15, -0.1) is 0 Å². The minimum atomic E-state index is -0.247. The Kier molecular flexibility index (Phi) is 6.35. The fourth-order valence-electron chi connectivity index (χ4n) is 5.28. The molecule has 0 spiro atoms. The summed E-state index contributed by atoms with van der Waals surface area (Å²) >= 11 is 0. The van der Waals surface area contributed by atoms with Gasteiger partial charge in [-0.25, -0.2) is 4.79 Å². The zero-order valence-corrected chi connectivity index (χ0v) is 20.6. The van der Waals surface area contributed by atoms with Crippen LogP contribution in [0.15, 0.2) is 54.9 Å². The van der Waals surface area contributed by atoms with Gasteiger partial charge in [0.25, 0.3) is 0 Å². The van der Waals surface area contributed by atoms with Crippen molar-refractivity contribution in [2.75, 3.05) is 37.6 Å². The number of amides is 1. The van der Waals surface area contributed by atoms with Crippen molar-refractivity contribution in [1.29, 1.82) is 0 Å². The van der Waals surface area contributed by atoms with Gasteiger partial charge < -0.3 is 20.3 Å². The highest BCUT2D eigenvalue weighted by Crippen LogP contribution is 2.45. The second-order valence-corrected chi connectivity index (χ2v) is 10.3. The Morgan fingerprint density at radius 2 is 1.83 bits per heavy atom. The quantitative estimate of drug-likeness (QED) is 0.539. The summed E-state index contributed by atoms with van der Waals surface area (Å²) in [6, 6.07) is 14.5. The topological polar surface area (TPSA) is 89.5 Å². The first kappa shape index (κ1) is 23.0. The van der Waals surface area contributed by atoms with E-state index >= 15 is 0 Å². The zero-order valence-electron chi connectivity index (χ0n) is 20.6. The Hall–Kier alpha value is -3.39. The molecule has 2 saturated carbocycles. The number of hydrogen-bond acceptors (Lipinski definition) is 6. The van der Waals surface area contributed by atoms with Crippen LogP contribution >= 0.6 is 0 Å². The van der Waals surface area contributed by atoms with Crippen molar-refractivity contribution in [2.45, 2.75) is 44.2 Å². The number of hydrogen-bond donors (Lipinski definition) is 1. The molecule has 8 heteroatoms. The molecule has 6 rings (SSSR count). The van der Waals surface area contributed by atoms with E-state index in [-0.39, 0.29) is 6.09 Å². The van der Waals surface area contributed by atoms with Crippen LogP contribution in [0.25, 0.3) is 11.3 Å². The second-order valence-electron chi connectivity index (χ2n) is 10.3. The molecule has 36 heavy (non-hydrogen) atoms. The lowest BCUT2D eigenvalue weighted by molar-refractivity contribution is 0.0942. The third kappa shape index (κ3) is 4.82. The predicted octanol–water partition coefficient (Wildman–Crippen LogP) is 4.19. The van der Waals surface area contributed by atoms with E-state index in [0.29, 0.717) is 37.6 Å². The van der Waals surface area contributed by atoms with E-state index in [1.807, 2.05) is 36.5 Å². The summed E-state index contributed by atoms with van der Waals surface area (Å²) in [6.45, 7) is 3.88. The van der Waals surface area contributed by atoms with Crippen LogP contribution in [-0.2, 0) is 11.3 Å². The van der Waals surface area contributed by atoms with Crippen molar-refractivity contribution in [3.8, 4) is 11.3 Å². The molecular formula is C28H34N6O2. The third-order valence-corrected chi connectivity index (χ3v) is 7.77. The van der Waals surface area contributed by atoms with Gasteiger partial charge in [0.15, 0.2) is 0 Å². The number of pyridine rings is 1. The van der Waals surface area contributed by atoms with Gasteiger partial charge in [0, 0.05) is 55.7 Å². The Morgan fingerprint density at radius 3 is 2.56 bits per heavy atom. The van der Waals surface area contributed by atoms with Gasteiger partial charge in [-0.2, -0.15) is 5.10 Å². The van der Waals surface area contributed by atoms with Gasteiger partial charge in [-0.3, -0.25) is 9.67 Å². The summed E-state index contributed by atoms with van der Waals surface area (Å²) < 4.78 is 7.69. The molecule has 1 saturated heterocycles. The predicted molar refractivity (Wildman–Crippen MR) is 139 cm³/mol. The minimum Gasteiger partial charge on any atom is -0.445 e. The Labute approximate surface area is 212 Å². The van der Waals surface area contributed by atoms with Gasteiger partial charge in [0.2, 0.25) is 0 Å². The highest BCUT2D eigenvalue weighted by Gasteiger charge is 2.34. The van der Waals surface area contributed by atoms with E-state index in [1.165, 1.54) is 24.1 Å². The van der Waals surface area contributed by atoms with E-state index in [4.69, 9.17) is 20.6 Å². The molecule has 1 amide bonds. The molecular weight excluding hydrogens is 452 g/mol. The number of ether oxygens (including phenoxy) is 1. The molecule has 3 heterocycles. The maximum atomic E-state index is 12.5. The number of anilines is 1. The molecule has 2 aliphatic carbocycles. The molecule has 3 aromatic rings. The molecule has 1 aromatic carbocycles. The standard InChI is InChI=1S/C28H34N6O2/c29-17-21-14-24(15-21)34-18-25(27(31-34)22-6-7-22)26-16-23(8-9-30-26)32-10-12-33(13-11-32)28(35)36-19-20-4-2-1-3-5-20/h1-5,8-9,16,18,21-22,24H,6-7,10-15,17,19,29H2. The monoisotopic (exact) mass is 486 g/mol. The number of nitrogens with zero attached hydrogens (tertiary/aromatic N) is 5. The lowest BCUT2D eigenvalue weighted by Crippen LogP contribution is -2.48. The van der Waals surface area contributed by atoms with Gasteiger partial charge in [0.1, 0.15) is 6.61 Å². The largest absolute Gasteiger partial charge is 0.445 e. The SMILES string of the molecule is NCC1CC(n2cc(-c3cc(N4CCN(C(=O)OCc5ccccc5)CC4)ccn3)c(C3CC3)n2)C1. The van der Waals surface area contributed by atoms with Crippen LogP contribution in [0.5, 0.6) is 0 Å². The van der Waals surface area contributed by atoms with E-state index in [1.54, 1.807) is 4.90 Å². The lowest BCUT2D eigenvalue weighted by Gasteiger charge is -2.35. The van der Waals surface area contributed by atoms with Crippen LogP contribution in [0, 0.1) is 5.92 Å². The summed E-state index contributed by atoms with van der Waals surface area (Å²) in [4.78, 5) is 21.4. The van der Waals surface area contributed by atoms with Crippen LogP contribution in [-0.4, -0.2) is 58.5 Å². The highest BCUT2D eigenvalue weighted by atomic mass is 16.6. The number of carbonyl (C=O) groups is 1. The van der Waals surface area contributed by atoms with Gasteiger partial charge in [0.05, 0.1) is 17.4 Å². The molecule has 2 N–H and O–H groups in total. The fourth-order valence-corrected chi connectivity index (χ4v) is 5.28. The van der Waals surface area contributed by atoms with Crippen LogP contribution in [0.2, 0.25) is 0 Å².